The standard InChI is InChI=1S/C23H30N2O3/c1-17(22(27)25(5)15-16-28-20-9-7-6-8-10-20)24-21(26)18-11-13-19(14-12-18)23(2,3)4/h6-14,17H,15-16H2,1-5H3,(H,24,26). The van der Waals surface area contributed by atoms with E-state index in [2.05, 4.69) is 26.1 Å². The zero-order valence-corrected chi connectivity index (χ0v) is 17.4. The van der Waals surface area contributed by atoms with Crippen LogP contribution in [0.25, 0.3) is 0 Å². The van der Waals surface area contributed by atoms with Crippen LogP contribution in [-0.4, -0.2) is 43.0 Å². The van der Waals surface area contributed by atoms with Crippen molar-refractivity contribution < 1.29 is 14.3 Å². The van der Waals surface area contributed by atoms with Crippen LogP contribution in [-0.2, 0) is 10.2 Å². The van der Waals surface area contributed by atoms with Crippen LogP contribution in [0.1, 0.15) is 43.6 Å². The largest absolute Gasteiger partial charge is 0.492 e. The molecule has 0 saturated heterocycles. The van der Waals surface area contributed by atoms with Gasteiger partial charge in [0.1, 0.15) is 18.4 Å². The van der Waals surface area contributed by atoms with E-state index in [-0.39, 0.29) is 17.2 Å². The summed E-state index contributed by atoms with van der Waals surface area (Å²) < 4.78 is 5.61. The van der Waals surface area contributed by atoms with Gasteiger partial charge in [0.2, 0.25) is 5.91 Å². The number of hydrogen-bond donors (Lipinski definition) is 1. The number of nitrogens with zero attached hydrogens (tertiary/aromatic N) is 1. The molecule has 0 aliphatic heterocycles. The average molecular weight is 383 g/mol. The molecule has 0 fully saturated rings. The lowest BCUT2D eigenvalue weighted by atomic mass is 9.86. The lowest BCUT2D eigenvalue weighted by molar-refractivity contribution is -0.131. The Morgan fingerprint density at radius 2 is 1.64 bits per heavy atom. The maximum absolute atomic E-state index is 12.5. The maximum atomic E-state index is 12.5. The number of ether oxygens (including phenoxy) is 1. The molecule has 1 N–H and O–H groups in total. The van der Waals surface area contributed by atoms with Gasteiger partial charge in [-0.1, -0.05) is 51.1 Å². The molecule has 150 valence electrons. The predicted molar refractivity (Wildman–Crippen MR) is 112 cm³/mol. The monoisotopic (exact) mass is 382 g/mol. The first-order chi connectivity index (χ1) is 13.2. The summed E-state index contributed by atoms with van der Waals surface area (Å²) in [6.07, 6.45) is 0. The highest BCUT2D eigenvalue weighted by Crippen LogP contribution is 2.22. The summed E-state index contributed by atoms with van der Waals surface area (Å²) in [6, 6.07) is 16.3. The Morgan fingerprint density at radius 3 is 2.21 bits per heavy atom. The van der Waals surface area contributed by atoms with Crippen molar-refractivity contribution in [3.8, 4) is 5.75 Å². The molecule has 5 nitrogen and oxygen atoms in total. The molecular formula is C23H30N2O3. The highest BCUT2D eigenvalue weighted by molar-refractivity contribution is 5.97. The van der Waals surface area contributed by atoms with Gasteiger partial charge in [-0.25, -0.2) is 0 Å². The molecule has 2 rings (SSSR count). The van der Waals surface area contributed by atoms with Crippen molar-refractivity contribution in [3.05, 3.63) is 65.7 Å². The summed E-state index contributed by atoms with van der Waals surface area (Å²) in [7, 11) is 1.71. The number of nitrogens with one attached hydrogen (secondary N) is 1. The molecule has 2 aromatic carbocycles. The Kier molecular flexibility index (Phi) is 7.21. The number of para-hydroxylation sites is 1. The molecule has 0 bridgehead atoms. The maximum Gasteiger partial charge on any atom is 0.251 e. The second kappa shape index (κ2) is 9.40. The Morgan fingerprint density at radius 1 is 1.04 bits per heavy atom. The van der Waals surface area contributed by atoms with Crippen molar-refractivity contribution in [1.82, 2.24) is 10.2 Å². The van der Waals surface area contributed by atoms with E-state index in [4.69, 9.17) is 4.74 Å². The summed E-state index contributed by atoms with van der Waals surface area (Å²) in [5, 5.41) is 2.77. The molecule has 0 aromatic heterocycles. The van der Waals surface area contributed by atoms with Gasteiger partial charge in [0.05, 0.1) is 6.54 Å². The molecular weight excluding hydrogens is 352 g/mol. The third kappa shape index (κ3) is 6.12. The molecule has 1 atom stereocenters. The zero-order chi connectivity index (χ0) is 20.7. The SMILES string of the molecule is CC(NC(=O)c1ccc(C(C)(C)C)cc1)C(=O)N(C)CCOc1ccccc1. The molecule has 0 aliphatic rings. The third-order valence-electron chi connectivity index (χ3n) is 4.55. The summed E-state index contributed by atoms with van der Waals surface area (Å²) in [5.74, 6) is 0.356. The van der Waals surface area contributed by atoms with Crippen LogP contribution in [0.3, 0.4) is 0 Å². The van der Waals surface area contributed by atoms with Crippen molar-refractivity contribution in [2.75, 3.05) is 20.2 Å². The topological polar surface area (TPSA) is 58.6 Å². The molecule has 28 heavy (non-hydrogen) atoms. The first-order valence-electron chi connectivity index (χ1n) is 9.52. The highest BCUT2D eigenvalue weighted by atomic mass is 16.5. The van der Waals surface area contributed by atoms with E-state index in [9.17, 15) is 9.59 Å². The lowest BCUT2D eigenvalue weighted by Gasteiger charge is -2.22. The molecule has 5 heteroatoms. The van der Waals surface area contributed by atoms with Gasteiger partial charge in [0.25, 0.3) is 5.91 Å². The van der Waals surface area contributed by atoms with Crippen molar-refractivity contribution in [2.24, 2.45) is 0 Å². The van der Waals surface area contributed by atoms with Gasteiger partial charge >= 0.3 is 0 Å². The third-order valence-corrected chi connectivity index (χ3v) is 4.55. The van der Waals surface area contributed by atoms with Gasteiger partial charge in [-0.05, 0) is 42.2 Å². The molecule has 2 amide bonds. The predicted octanol–water partition coefficient (Wildman–Crippen LogP) is 3.64. The van der Waals surface area contributed by atoms with Gasteiger partial charge in [-0.2, -0.15) is 0 Å². The lowest BCUT2D eigenvalue weighted by Crippen LogP contribution is -2.46. The quantitative estimate of drug-likeness (QED) is 0.795. The Balaban J connectivity index is 1.84. The number of carbonyl (C=O) groups is 2. The Hall–Kier alpha value is -2.82. The van der Waals surface area contributed by atoms with Crippen molar-refractivity contribution in [1.29, 1.82) is 0 Å². The zero-order valence-electron chi connectivity index (χ0n) is 17.4. The van der Waals surface area contributed by atoms with Gasteiger partial charge in [0.15, 0.2) is 0 Å². The van der Waals surface area contributed by atoms with E-state index in [0.29, 0.717) is 18.7 Å². The average Bonchev–Trinajstić information content (AvgIpc) is 2.67. The minimum Gasteiger partial charge on any atom is -0.492 e. The number of hydrogen-bond acceptors (Lipinski definition) is 3. The fourth-order valence-corrected chi connectivity index (χ4v) is 2.72. The highest BCUT2D eigenvalue weighted by Gasteiger charge is 2.20. The van der Waals surface area contributed by atoms with Crippen molar-refractivity contribution in [3.63, 3.8) is 0 Å². The van der Waals surface area contributed by atoms with Crippen molar-refractivity contribution >= 4 is 11.8 Å². The minimum atomic E-state index is -0.614. The van der Waals surface area contributed by atoms with Gasteiger partial charge in [-0.15, -0.1) is 0 Å². The molecule has 0 radical (unpaired) electrons. The van der Waals surface area contributed by atoms with Crippen LogP contribution in [0, 0.1) is 0 Å². The molecule has 0 aliphatic carbocycles. The van der Waals surface area contributed by atoms with E-state index < -0.39 is 6.04 Å². The van der Waals surface area contributed by atoms with Crippen molar-refractivity contribution in [2.45, 2.75) is 39.2 Å². The molecule has 0 spiro atoms. The Bertz CT molecular complexity index is 780. The number of likely N-dealkylation sites (N-methyl/N-ethyl adjacent to an activating group) is 1. The smallest absolute Gasteiger partial charge is 0.251 e. The molecule has 0 saturated carbocycles. The summed E-state index contributed by atoms with van der Waals surface area (Å²) >= 11 is 0. The molecule has 0 heterocycles. The summed E-state index contributed by atoms with van der Waals surface area (Å²) in [5.41, 5.74) is 1.73. The van der Waals surface area contributed by atoms with Gasteiger partial charge in [0, 0.05) is 12.6 Å². The van der Waals surface area contributed by atoms with E-state index in [1.54, 1.807) is 31.0 Å². The first-order valence-corrected chi connectivity index (χ1v) is 9.52. The van der Waals surface area contributed by atoms with E-state index in [0.717, 1.165) is 11.3 Å². The van der Waals surface area contributed by atoms with E-state index in [1.807, 2.05) is 42.5 Å². The number of rotatable bonds is 7. The number of carbonyl (C=O) groups excluding carboxylic acids is 2. The van der Waals surface area contributed by atoms with Crippen LogP contribution in [0.2, 0.25) is 0 Å². The minimum absolute atomic E-state index is 0.0306. The fourth-order valence-electron chi connectivity index (χ4n) is 2.72. The molecule has 2 aromatic rings. The van der Waals surface area contributed by atoms with Crippen LogP contribution in [0.4, 0.5) is 0 Å². The summed E-state index contributed by atoms with van der Waals surface area (Å²) in [4.78, 5) is 26.5. The molecule has 1 unspecified atom stereocenters. The Labute approximate surface area is 167 Å². The van der Waals surface area contributed by atoms with Gasteiger partial charge in [-0.3, -0.25) is 9.59 Å². The van der Waals surface area contributed by atoms with Crippen LogP contribution in [0.5, 0.6) is 5.75 Å². The number of amides is 2. The normalized spacial score (nSPS) is 12.2. The van der Waals surface area contributed by atoms with Crippen LogP contribution < -0.4 is 10.1 Å². The van der Waals surface area contributed by atoms with Crippen LogP contribution in [0.15, 0.2) is 54.6 Å². The second-order valence-electron chi connectivity index (χ2n) is 7.94. The second-order valence-corrected chi connectivity index (χ2v) is 7.94. The van der Waals surface area contributed by atoms with E-state index >= 15 is 0 Å². The first kappa shape index (κ1) is 21.5. The van der Waals surface area contributed by atoms with Gasteiger partial charge < -0.3 is 15.0 Å². The van der Waals surface area contributed by atoms with Crippen LogP contribution >= 0.6 is 0 Å². The number of benzene rings is 2. The summed E-state index contributed by atoms with van der Waals surface area (Å²) in [6.45, 7) is 8.90. The fraction of sp³-hybridized carbons (Fsp3) is 0.391. The van der Waals surface area contributed by atoms with E-state index in [1.165, 1.54) is 0 Å².